The van der Waals surface area contributed by atoms with Crippen molar-refractivity contribution in [3.63, 3.8) is 0 Å². The fraction of sp³-hybridized carbons (Fsp3) is 0.312. The zero-order chi connectivity index (χ0) is 13.5. The van der Waals surface area contributed by atoms with E-state index in [4.69, 9.17) is 11.6 Å². The van der Waals surface area contributed by atoms with E-state index < -0.39 is 0 Å². The molecule has 0 aliphatic heterocycles. The Bertz CT molecular complexity index is 477. The van der Waals surface area contributed by atoms with Gasteiger partial charge in [-0.1, -0.05) is 74.2 Å². The predicted octanol–water partition coefficient (Wildman–Crippen LogP) is 4.29. The van der Waals surface area contributed by atoms with Crippen LogP contribution in [0.5, 0.6) is 0 Å². The number of allylic oxidation sites excluding steroid dienone is 1. The zero-order valence-corrected chi connectivity index (χ0v) is 11.5. The molecule has 0 saturated carbocycles. The molecule has 94 valence electrons. The molecule has 0 amide bonds. The molecule has 0 radical (unpaired) electrons. The maximum absolute atomic E-state index is 12.3. The Morgan fingerprint density at radius 2 is 1.94 bits per heavy atom. The van der Waals surface area contributed by atoms with Crippen LogP contribution >= 0.6 is 11.6 Å². The molecular formula is C16H17ClO. The van der Waals surface area contributed by atoms with Gasteiger partial charge in [0.05, 0.1) is 11.0 Å². The molecule has 18 heavy (non-hydrogen) atoms. The highest BCUT2D eigenvalue weighted by atomic mass is 35.5. The van der Waals surface area contributed by atoms with Crippen LogP contribution in [0.15, 0.2) is 41.9 Å². The smallest absolute Gasteiger partial charge is 0.177 e. The van der Waals surface area contributed by atoms with Crippen molar-refractivity contribution in [3.8, 4) is 11.8 Å². The van der Waals surface area contributed by atoms with Crippen molar-refractivity contribution in [1.29, 1.82) is 0 Å². The molecule has 0 saturated heterocycles. The molecule has 0 aliphatic rings. The molecule has 0 aliphatic carbocycles. The van der Waals surface area contributed by atoms with Crippen LogP contribution in [0.2, 0.25) is 0 Å². The van der Waals surface area contributed by atoms with E-state index in [0.29, 0.717) is 11.5 Å². The number of hydrogen-bond donors (Lipinski definition) is 0. The monoisotopic (exact) mass is 260 g/mol. The van der Waals surface area contributed by atoms with Gasteiger partial charge in [-0.2, -0.15) is 0 Å². The second-order valence-electron chi connectivity index (χ2n) is 4.59. The number of ketones is 1. The summed E-state index contributed by atoms with van der Waals surface area (Å²) < 4.78 is 0. The van der Waals surface area contributed by atoms with Gasteiger partial charge in [0.1, 0.15) is 0 Å². The average Bonchev–Trinajstić information content (AvgIpc) is 2.34. The van der Waals surface area contributed by atoms with Crippen LogP contribution in [0, 0.1) is 23.7 Å². The third kappa shape index (κ3) is 4.77. The van der Waals surface area contributed by atoms with Gasteiger partial charge in [0, 0.05) is 5.56 Å². The predicted molar refractivity (Wildman–Crippen MR) is 76.5 cm³/mol. The third-order valence-electron chi connectivity index (χ3n) is 2.46. The lowest BCUT2D eigenvalue weighted by atomic mass is 9.90. The summed E-state index contributed by atoms with van der Waals surface area (Å²) in [4.78, 5) is 12.3. The van der Waals surface area contributed by atoms with Crippen molar-refractivity contribution >= 4 is 17.4 Å². The van der Waals surface area contributed by atoms with E-state index >= 15 is 0 Å². The van der Waals surface area contributed by atoms with Crippen LogP contribution in [0.4, 0.5) is 0 Å². The van der Waals surface area contributed by atoms with Crippen LogP contribution in [-0.4, -0.2) is 5.78 Å². The van der Waals surface area contributed by atoms with Crippen LogP contribution in [0.3, 0.4) is 0 Å². The quantitative estimate of drug-likeness (QED) is 0.583. The van der Waals surface area contributed by atoms with Crippen molar-refractivity contribution in [3.05, 3.63) is 47.5 Å². The molecule has 1 aromatic carbocycles. The average molecular weight is 261 g/mol. The second-order valence-corrected chi connectivity index (χ2v) is 5.04. The highest BCUT2D eigenvalue weighted by Gasteiger charge is 2.18. The molecule has 1 nitrogen and oxygen atoms in total. The normalized spacial score (nSPS) is 11.6. The van der Waals surface area contributed by atoms with Gasteiger partial charge < -0.3 is 0 Å². The Labute approximate surface area is 114 Å². The molecule has 2 heteroatoms. The minimum Gasteiger partial charge on any atom is -0.293 e. The zero-order valence-electron chi connectivity index (χ0n) is 10.7. The van der Waals surface area contributed by atoms with Gasteiger partial charge >= 0.3 is 0 Å². The van der Waals surface area contributed by atoms with E-state index in [2.05, 4.69) is 32.3 Å². The van der Waals surface area contributed by atoms with Gasteiger partial charge in [-0.25, -0.2) is 0 Å². The summed E-state index contributed by atoms with van der Waals surface area (Å²) in [6.07, 6.45) is 0.727. The standard InChI is InChI=1S/C16H17ClO/c1-12(2)11-15(10-9-13(3)17)16(18)14-7-5-4-6-8-14/h4-8,12,15H,3,11H2,1-2H3. The van der Waals surface area contributed by atoms with E-state index in [-0.39, 0.29) is 16.7 Å². The fourth-order valence-electron chi connectivity index (χ4n) is 1.67. The molecule has 1 unspecified atom stereocenters. The number of benzene rings is 1. The Morgan fingerprint density at radius 1 is 1.33 bits per heavy atom. The van der Waals surface area contributed by atoms with Crippen LogP contribution in [-0.2, 0) is 0 Å². The van der Waals surface area contributed by atoms with Crippen LogP contribution in [0.25, 0.3) is 0 Å². The summed E-state index contributed by atoms with van der Waals surface area (Å²) in [5, 5.41) is 0.268. The number of carbonyl (C=O) groups excluding carboxylic acids is 1. The topological polar surface area (TPSA) is 17.1 Å². The highest BCUT2D eigenvalue weighted by Crippen LogP contribution is 2.17. The molecule has 0 spiro atoms. The van der Waals surface area contributed by atoms with Gasteiger partial charge in [-0.3, -0.25) is 4.79 Å². The molecule has 1 aromatic rings. The largest absolute Gasteiger partial charge is 0.293 e. The van der Waals surface area contributed by atoms with Crippen molar-refractivity contribution < 1.29 is 4.79 Å². The first-order chi connectivity index (χ1) is 8.50. The van der Waals surface area contributed by atoms with Gasteiger partial charge in [-0.15, -0.1) is 0 Å². The molecule has 0 N–H and O–H groups in total. The van der Waals surface area contributed by atoms with Gasteiger partial charge in [0.2, 0.25) is 0 Å². The summed E-state index contributed by atoms with van der Waals surface area (Å²) in [5.74, 6) is 5.76. The van der Waals surface area contributed by atoms with Crippen molar-refractivity contribution in [2.24, 2.45) is 11.8 Å². The van der Waals surface area contributed by atoms with E-state index in [1.165, 1.54) is 0 Å². The summed E-state index contributed by atoms with van der Waals surface area (Å²) in [6.45, 7) is 7.66. The first kappa shape index (κ1) is 14.5. The molecule has 0 fully saturated rings. The van der Waals surface area contributed by atoms with E-state index in [9.17, 15) is 4.79 Å². The van der Waals surface area contributed by atoms with Gasteiger partial charge in [0.25, 0.3) is 0 Å². The fourth-order valence-corrected chi connectivity index (χ4v) is 1.73. The molecule has 0 heterocycles. The number of rotatable bonds is 4. The minimum atomic E-state index is -0.317. The molecule has 0 aromatic heterocycles. The Hall–Kier alpha value is -1.52. The highest BCUT2D eigenvalue weighted by molar-refractivity contribution is 6.31. The minimum absolute atomic E-state index is 0.0507. The maximum Gasteiger partial charge on any atom is 0.177 e. The van der Waals surface area contributed by atoms with Gasteiger partial charge in [0.15, 0.2) is 5.78 Å². The Kier molecular flexibility index (Phi) is 5.68. The van der Waals surface area contributed by atoms with Crippen molar-refractivity contribution in [2.45, 2.75) is 20.3 Å². The van der Waals surface area contributed by atoms with Crippen LogP contribution < -0.4 is 0 Å². The number of carbonyl (C=O) groups is 1. The Balaban J connectivity index is 2.94. The summed E-state index contributed by atoms with van der Waals surface area (Å²) in [5.41, 5.74) is 0.692. The van der Waals surface area contributed by atoms with Gasteiger partial charge in [-0.05, 0) is 12.3 Å². The van der Waals surface area contributed by atoms with E-state index in [0.717, 1.165) is 6.42 Å². The maximum atomic E-state index is 12.3. The van der Waals surface area contributed by atoms with Crippen molar-refractivity contribution in [1.82, 2.24) is 0 Å². The lowest BCUT2D eigenvalue weighted by molar-refractivity contribution is 0.0938. The molecule has 1 rings (SSSR count). The van der Waals surface area contributed by atoms with Crippen molar-refractivity contribution in [2.75, 3.05) is 0 Å². The SMILES string of the molecule is C=C(Cl)C#CC(CC(C)C)C(=O)c1ccccc1. The lowest BCUT2D eigenvalue weighted by Gasteiger charge is -2.12. The second kappa shape index (κ2) is 7.03. The lowest BCUT2D eigenvalue weighted by Crippen LogP contribution is -2.15. The van der Waals surface area contributed by atoms with E-state index in [1.807, 2.05) is 30.3 Å². The number of Topliss-reactive ketones (excluding diaryl/α,β-unsaturated/α-hetero) is 1. The first-order valence-corrected chi connectivity index (χ1v) is 6.33. The third-order valence-corrected chi connectivity index (χ3v) is 2.56. The summed E-state index contributed by atoms with van der Waals surface area (Å²) >= 11 is 5.63. The molecule has 1 atom stereocenters. The van der Waals surface area contributed by atoms with Crippen LogP contribution in [0.1, 0.15) is 30.6 Å². The number of hydrogen-bond acceptors (Lipinski definition) is 1. The van der Waals surface area contributed by atoms with E-state index in [1.54, 1.807) is 0 Å². The summed E-state index contributed by atoms with van der Waals surface area (Å²) in [7, 11) is 0. The Morgan fingerprint density at radius 3 is 2.44 bits per heavy atom. The molecular weight excluding hydrogens is 244 g/mol. The first-order valence-electron chi connectivity index (χ1n) is 5.96. The summed E-state index contributed by atoms with van der Waals surface area (Å²) in [6, 6.07) is 9.22. The number of halogens is 1. The molecule has 0 bridgehead atoms.